The van der Waals surface area contributed by atoms with Crippen LogP contribution >= 0.6 is 0 Å². The Labute approximate surface area is 153 Å². The lowest BCUT2D eigenvalue weighted by Gasteiger charge is -2.10. The van der Waals surface area contributed by atoms with Crippen LogP contribution in [0, 0.1) is 0 Å². The van der Waals surface area contributed by atoms with Gasteiger partial charge in [0.15, 0.2) is 23.4 Å². The molecule has 6 nitrogen and oxygen atoms in total. The highest BCUT2D eigenvalue weighted by atomic mass is 16.5. The van der Waals surface area contributed by atoms with E-state index in [1.807, 2.05) is 6.07 Å². The zero-order valence-electron chi connectivity index (χ0n) is 14.5. The van der Waals surface area contributed by atoms with Gasteiger partial charge in [-0.1, -0.05) is 42.5 Å². The molecule has 0 N–H and O–H groups in total. The van der Waals surface area contributed by atoms with E-state index in [0.29, 0.717) is 22.8 Å². The number of ketones is 1. The highest BCUT2D eigenvalue weighted by molar-refractivity contribution is 6.07. The number of hydrogen-bond donors (Lipinski definition) is 0. The first-order valence-corrected chi connectivity index (χ1v) is 8.31. The molecular weight excluding hydrogens is 346 g/mol. The summed E-state index contributed by atoms with van der Waals surface area (Å²) in [5, 5.41) is 0.776. The highest BCUT2D eigenvalue weighted by Gasteiger charge is 2.23. The van der Waals surface area contributed by atoms with Crippen LogP contribution in [0.3, 0.4) is 0 Å². The minimum absolute atomic E-state index is 0.0538. The summed E-state index contributed by atoms with van der Waals surface area (Å²) in [6, 6.07) is 15.9. The molecule has 0 spiro atoms. The number of benzene rings is 2. The van der Waals surface area contributed by atoms with Crippen molar-refractivity contribution in [2.45, 2.75) is 6.54 Å². The summed E-state index contributed by atoms with van der Waals surface area (Å²) in [5.41, 5.74) is 0.897. The van der Waals surface area contributed by atoms with Crippen molar-refractivity contribution in [2.24, 2.45) is 0 Å². The van der Waals surface area contributed by atoms with Crippen LogP contribution in [0.5, 0.6) is 5.75 Å². The standard InChI is InChI=1S/C21H15NO5/c1-26-20-17(12-23)27-19-14-9-5-6-10-15(14)22(21(25)18(19)20)11-16(24)13-7-3-2-4-8-13/h2-10,12H,11H2,1H3. The van der Waals surface area contributed by atoms with Gasteiger partial charge in [-0.3, -0.25) is 19.0 Å². The number of ether oxygens (including phenoxy) is 1. The maximum Gasteiger partial charge on any atom is 0.266 e. The Balaban J connectivity index is 2.01. The van der Waals surface area contributed by atoms with Crippen LogP contribution < -0.4 is 10.3 Å². The fourth-order valence-corrected chi connectivity index (χ4v) is 3.26. The summed E-state index contributed by atoms with van der Waals surface area (Å²) >= 11 is 0. The number of aldehydes is 1. The molecule has 0 saturated heterocycles. The molecule has 2 aromatic carbocycles. The Morgan fingerprint density at radius 3 is 2.52 bits per heavy atom. The van der Waals surface area contributed by atoms with Crippen LogP contribution in [-0.4, -0.2) is 23.7 Å². The van der Waals surface area contributed by atoms with Gasteiger partial charge in [-0.05, 0) is 12.1 Å². The number of rotatable bonds is 5. The number of Topliss-reactive ketones (excluding diaryl/α,β-unsaturated/α-hetero) is 1. The van der Waals surface area contributed by atoms with Crippen LogP contribution in [0.15, 0.2) is 63.8 Å². The average molecular weight is 361 g/mol. The van der Waals surface area contributed by atoms with Crippen molar-refractivity contribution in [1.82, 2.24) is 4.57 Å². The van der Waals surface area contributed by atoms with E-state index >= 15 is 0 Å². The third-order valence-corrected chi connectivity index (χ3v) is 4.50. The van der Waals surface area contributed by atoms with Crippen LogP contribution in [0.1, 0.15) is 20.9 Å². The van der Waals surface area contributed by atoms with E-state index in [1.54, 1.807) is 48.5 Å². The van der Waals surface area contributed by atoms with Gasteiger partial charge < -0.3 is 9.15 Å². The lowest BCUT2D eigenvalue weighted by molar-refractivity contribution is 0.0972. The fraction of sp³-hybridized carbons (Fsp3) is 0.0952. The van der Waals surface area contributed by atoms with Crippen LogP contribution in [0.25, 0.3) is 21.9 Å². The topological polar surface area (TPSA) is 78.5 Å². The molecule has 134 valence electrons. The van der Waals surface area contributed by atoms with E-state index in [9.17, 15) is 14.4 Å². The molecule has 2 heterocycles. The van der Waals surface area contributed by atoms with Crippen molar-refractivity contribution in [2.75, 3.05) is 7.11 Å². The van der Waals surface area contributed by atoms with Crippen molar-refractivity contribution in [3.05, 3.63) is 76.3 Å². The first kappa shape index (κ1) is 16.8. The van der Waals surface area contributed by atoms with E-state index in [0.717, 1.165) is 0 Å². The number of para-hydroxylation sites is 1. The van der Waals surface area contributed by atoms with Gasteiger partial charge >= 0.3 is 0 Å². The SMILES string of the molecule is COc1c(C=O)oc2c1c(=O)n(CC(=O)c1ccccc1)c1ccccc21. The number of carbonyl (C=O) groups excluding carboxylic acids is 2. The zero-order valence-corrected chi connectivity index (χ0v) is 14.5. The number of pyridine rings is 1. The molecule has 4 aromatic rings. The molecule has 0 bridgehead atoms. The quantitative estimate of drug-likeness (QED) is 0.402. The second-order valence-electron chi connectivity index (χ2n) is 6.02. The molecule has 0 atom stereocenters. The number of methoxy groups -OCH3 is 1. The molecule has 0 aliphatic rings. The molecule has 0 fully saturated rings. The van der Waals surface area contributed by atoms with Crippen molar-refractivity contribution in [3.8, 4) is 5.75 Å². The predicted octanol–water partition coefficient (Wildman–Crippen LogP) is 3.45. The lowest BCUT2D eigenvalue weighted by Crippen LogP contribution is -2.25. The summed E-state index contributed by atoms with van der Waals surface area (Å²) in [4.78, 5) is 37.2. The second kappa shape index (κ2) is 6.57. The van der Waals surface area contributed by atoms with Crippen molar-refractivity contribution in [1.29, 1.82) is 0 Å². The maximum absolute atomic E-state index is 13.2. The number of carbonyl (C=O) groups is 2. The minimum Gasteiger partial charge on any atom is -0.492 e. The molecule has 0 saturated carbocycles. The van der Waals surface area contributed by atoms with Crippen molar-refractivity contribution >= 4 is 33.9 Å². The summed E-state index contributed by atoms with van der Waals surface area (Å²) in [5.74, 6) is -0.168. The van der Waals surface area contributed by atoms with Gasteiger partial charge in [0.05, 0.1) is 19.2 Å². The molecule has 0 unspecified atom stereocenters. The van der Waals surface area contributed by atoms with E-state index in [4.69, 9.17) is 9.15 Å². The number of fused-ring (bicyclic) bond motifs is 3. The maximum atomic E-state index is 13.2. The molecule has 27 heavy (non-hydrogen) atoms. The molecule has 0 radical (unpaired) electrons. The lowest BCUT2D eigenvalue weighted by atomic mass is 10.1. The fourth-order valence-electron chi connectivity index (χ4n) is 3.26. The van der Waals surface area contributed by atoms with Gasteiger partial charge in [0.2, 0.25) is 5.76 Å². The minimum atomic E-state index is -0.443. The molecular formula is C21H15NO5. The number of hydrogen-bond acceptors (Lipinski definition) is 5. The first-order valence-electron chi connectivity index (χ1n) is 8.31. The summed E-state index contributed by atoms with van der Waals surface area (Å²) in [7, 11) is 1.37. The number of nitrogens with zero attached hydrogens (tertiary/aromatic N) is 1. The Hall–Kier alpha value is -3.67. The normalized spacial score (nSPS) is 11.0. The third-order valence-electron chi connectivity index (χ3n) is 4.50. The first-order chi connectivity index (χ1) is 13.2. The second-order valence-corrected chi connectivity index (χ2v) is 6.02. The van der Waals surface area contributed by atoms with E-state index in [1.165, 1.54) is 11.7 Å². The monoisotopic (exact) mass is 361 g/mol. The molecule has 0 aliphatic carbocycles. The molecule has 0 amide bonds. The Morgan fingerprint density at radius 2 is 1.81 bits per heavy atom. The third kappa shape index (κ3) is 2.62. The van der Waals surface area contributed by atoms with Gasteiger partial charge in [0.25, 0.3) is 5.56 Å². The van der Waals surface area contributed by atoms with Crippen LogP contribution in [-0.2, 0) is 6.54 Å². The van der Waals surface area contributed by atoms with Gasteiger partial charge in [-0.15, -0.1) is 0 Å². The van der Waals surface area contributed by atoms with E-state index in [-0.39, 0.29) is 34.8 Å². The molecule has 4 rings (SSSR count). The Bertz CT molecular complexity index is 1230. The molecule has 6 heteroatoms. The van der Waals surface area contributed by atoms with E-state index < -0.39 is 5.56 Å². The Kier molecular flexibility index (Phi) is 4.08. The summed E-state index contributed by atoms with van der Waals surface area (Å²) < 4.78 is 12.2. The largest absolute Gasteiger partial charge is 0.492 e. The van der Waals surface area contributed by atoms with Gasteiger partial charge in [0.1, 0.15) is 5.39 Å². The highest BCUT2D eigenvalue weighted by Crippen LogP contribution is 2.34. The zero-order chi connectivity index (χ0) is 19.0. The molecule has 0 aliphatic heterocycles. The summed E-state index contributed by atoms with van der Waals surface area (Å²) in [6.45, 7) is -0.135. The van der Waals surface area contributed by atoms with Crippen LogP contribution in [0.4, 0.5) is 0 Å². The van der Waals surface area contributed by atoms with Crippen molar-refractivity contribution < 1.29 is 18.7 Å². The summed E-state index contributed by atoms with van der Waals surface area (Å²) in [6.07, 6.45) is 0.506. The van der Waals surface area contributed by atoms with Gasteiger partial charge in [-0.25, -0.2) is 0 Å². The number of furan rings is 1. The Morgan fingerprint density at radius 1 is 1.11 bits per heavy atom. The van der Waals surface area contributed by atoms with Gasteiger partial charge in [0, 0.05) is 10.9 Å². The molecule has 2 aromatic heterocycles. The van der Waals surface area contributed by atoms with Crippen LogP contribution in [0.2, 0.25) is 0 Å². The predicted molar refractivity (Wildman–Crippen MR) is 101 cm³/mol. The van der Waals surface area contributed by atoms with Crippen molar-refractivity contribution in [3.63, 3.8) is 0 Å². The smallest absolute Gasteiger partial charge is 0.266 e. The van der Waals surface area contributed by atoms with Gasteiger partial charge in [-0.2, -0.15) is 0 Å². The average Bonchev–Trinajstić information content (AvgIpc) is 3.10. The van der Waals surface area contributed by atoms with E-state index in [2.05, 4.69) is 0 Å². The number of aromatic nitrogens is 1.